The van der Waals surface area contributed by atoms with Crippen LogP contribution < -0.4 is 5.73 Å². The quantitative estimate of drug-likeness (QED) is 0.489. The first-order chi connectivity index (χ1) is 7.13. The largest absolute Gasteiger partial charge is 0.463 e. The third kappa shape index (κ3) is 3.64. The van der Waals surface area contributed by atoms with Crippen molar-refractivity contribution in [2.75, 3.05) is 12.3 Å². The molecule has 0 aliphatic heterocycles. The average molecular weight is 226 g/mol. The number of anilines is 1. The number of carbonyl (C=O) groups is 1. The molecule has 15 heavy (non-hydrogen) atoms. The van der Waals surface area contributed by atoms with E-state index >= 15 is 0 Å². The van der Waals surface area contributed by atoms with Crippen LogP contribution in [0.1, 0.15) is 12.5 Å². The molecule has 0 aliphatic rings. The Labute approximate surface area is 93.5 Å². The molecular formula is C11H12ClNO2. The van der Waals surface area contributed by atoms with Gasteiger partial charge in [-0.3, -0.25) is 0 Å². The van der Waals surface area contributed by atoms with Gasteiger partial charge in [-0.05, 0) is 30.7 Å². The zero-order chi connectivity index (χ0) is 11.3. The minimum Gasteiger partial charge on any atom is -0.463 e. The summed E-state index contributed by atoms with van der Waals surface area (Å²) >= 11 is 5.73. The Morgan fingerprint density at radius 2 is 2.33 bits per heavy atom. The molecule has 0 saturated carbocycles. The van der Waals surface area contributed by atoms with Crippen molar-refractivity contribution in [1.82, 2.24) is 0 Å². The van der Waals surface area contributed by atoms with Crippen molar-refractivity contribution in [1.29, 1.82) is 0 Å². The normalized spacial score (nSPS) is 10.5. The van der Waals surface area contributed by atoms with Crippen LogP contribution in [0.5, 0.6) is 0 Å². The molecule has 0 unspecified atom stereocenters. The van der Waals surface area contributed by atoms with Gasteiger partial charge in [0.25, 0.3) is 0 Å². The molecule has 0 saturated heterocycles. The molecule has 2 N–H and O–H groups in total. The molecule has 3 nitrogen and oxygen atoms in total. The van der Waals surface area contributed by atoms with Crippen LogP contribution in [-0.2, 0) is 9.53 Å². The number of halogens is 1. The molecule has 1 rings (SSSR count). The Morgan fingerprint density at radius 3 is 2.93 bits per heavy atom. The summed E-state index contributed by atoms with van der Waals surface area (Å²) in [6.45, 7) is 2.11. The molecule has 0 amide bonds. The number of esters is 1. The smallest absolute Gasteiger partial charge is 0.330 e. The van der Waals surface area contributed by atoms with E-state index in [4.69, 9.17) is 22.1 Å². The standard InChI is InChI=1S/C11H12ClNO2/c1-2-15-11(14)6-4-8-3-5-9(12)7-10(8)13/h3-7H,2,13H2,1H3. The molecule has 0 aliphatic carbocycles. The van der Waals surface area contributed by atoms with Crippen LogP contribution in [0.4, 0.5) is 5.69 Å². The summed E-state index contributed by atoms with van der Waals surface area (Å²) in [7, 11) is 0. The van der Waals surface area contributed by atoms with Crippen molar-refractivity contribution in [3.05, 3.63) is 34.9 Å². The van der Waals surface area contributed by atoms with Gasteiger partial charge in [0.2, 0.25) is 0 Å². The Morgan fingerprint density at radius 1 is 1.60 bits per heavy atom. The second-order valence-corrected chi connectivity index (χ2v) is 3.30. The predicted octanol–water partition coefficient (Wildman–Crippen LogP) is 2.50. The highest BCUT2D eigenvalue weighted by molar-refractivity contribution is 6.30. The molecule has 1 aromatic rings. The summed E-state index contributed by atoms with van der Waals surface area (Å²) in [5.74, 6) is -0.383. The molecule has 0 heterocycles. The van der Waals surface area contributed by atoms with Crippen LogP contribution in [0.25, 0.3) is 6.08 Å². The highest BCUT2D eigenvalue weighted by Crippen LogP contribution is 2.18. The number of carbonyl (C=O) groups excluding carboxylic acids is 1. The number of benzene rings is 1. The van der Waals surface area contributed by atoms with E-state index in [0.717, 1.165) is 5.56 Å². The van der Waals surface area contributed by atoms with E-state index < -0.39 is 0 Å². The highest BCUT2D eigenvalue weighted by atomic mass is 35.5. The van der Waals surface area contributed by atoms with E-state index in [0.29, 0.717) is 17.3 Å². The van der Waals surface area contributed by atoms with Gasteiger partial charge in [-0.2, -0.15) is 0 Å². The fourth-order valence-corrected chi connectivity index (χ4v) is 1.23. The van der Waals surface area contributed by atoms with E-state index in [2.05, 4.69) is 0 Å². The first kappa shape index (κ1) is 11.6. The topological polar surface area (TPSA) is 52.3 Å². The molecule has 0 atom stereocenters. The molecule has 0 radical (unpaired) electrons. The maximum Gasteiger partial charge on any atom is 0.330 e. The number of ether oxygens (including phenoxy) is 1. The lowest BCUT2D eigenvalue weighted by Gasteiger charge is -2.00. The third-order valence-electron chi connectivity index (χ3n) is 1.73. The minimum absolute atomic E-state index is 0.360. The van der Waals surface area contributed by atoms with Crippen molar-refractivity contribution in [3.63, 3.8) is 0 Å². The van der Waals surface area contributed by atoms with E-state index in [9.17, 15) is 4.79 Å². The highest BCUT2D eigenvalue weighted by Gasteiger charge is 1.98. The van der Waals surface area contributed by atoms with Crippen molar-refractivity contribution in [2.45, 2.75) is 6.92 Å². The van der Waals surface area contributed by atoms with E-state index in [1.165, 1.54) is 6.08 Å². The van der Waals surface area contributed by atoms with Crippen LogP contribution in [0.15, 0.2) is 24.3 Å². The summed E-state index contributed by atoms with van der Waals surface area (Å²) in [5, 5.41) is 0.570. The lowest BCUT2D eigenvalue weighted by molar-refractivity contribution is -0.137. The number of nitrogen functional groups attached to an aromatic ring is 1. The maximum absolute atomic E-state index is 11.0. The summed E-state index contributed by atoms with van der Waals surface area (Å²) < 4.78 is 4.73. The Balaban J connectivity index is 2.76. The van der Waals surface area contributed by atoms with E-state index in [1.54, 1.807) is 31.2 Å². The van der Waals surface area contributed by atoms with Gasteiger partial charge in [-0.15, -0.1) is 0 Å². The first-order valence-corrected chi connectivity index (χ1v) is 4.91. The van der Waals surface area contributed by atoms with Crippen LogP contribution in [0.2, 0.25) is 5.02 Å². The van der Waals surface area contributed by atoms with Crippen LogP contribution >= 0.6 is 11.6 Å². The minimum atomic E-state index is -0.383. The first-order valence-electron chi connectivity index (χ1n) is 4.53. The van der Waals surface area contributed by atoms with Crippen molar-refractivity contribution in [2.24, 2.45) is 0 Å². The van der Waals surface area contributed by atoms with E-state index in [-0.39, 0.29) is 5.97 Å². The van der Waals surface area contributed by atoms with Gasteiger partial charge in [0, 0.05) is 16.8 Å². The summed E-state index contributed by atoms with van der Waals surface area (Å²) in [4.78, 5) is 11.0. The van der Waals surface area contributed by atoms with Gasteiger partial charge in [-0.25, -0.2) is 4.79 Å². The number of hydrogen-bond acceptors (Lipinski definition) is 3. The number of hydrogen-bond donors (Lipinski definition) is 1. The molecular weight excluding hydrogens is 214 g/mol. The lowest BCUT2D eigenvalue weighted by atomic mass is 10.1. The molecule has 80 valence electrons. The van der Waals surface area contributed by atoms with Gasteiger partial charge >= 0.3 is 5.97 Å². The van der Waals surface area contributed by atoms with Crippen molar-refractivity contribution < 1.29 is 9.53 Å². The van der Waals surface area contributed by atoms with Gasteiger partial charge in [0.05, 0.1) is 6.61 Å². The van der Waals surface area contributed by atoms with Crippen LogP contribution in [-0.4, -0.2) is 12.6 Å². The van der Waals surface area contributed by atoms with Crippen molar-refractivity contribution in [3.8, 4) is 0 Å². The summed E-state index contributed by atoms with van der Waals surface area (Å²) in [6, 6.07) is 5.09. The molecule has 0 fully saturated rings. The molecule has 1 aromatic carbocycles. The zero-order valence-electron chi connectivity index (χ0n) is 8.37. The number of nitrogens with two attached hydrogens (primary N) is 1. The Bertz CT molecular complexity index is 388. The summed E-state index contributed by atoms with van der Waals surface area (Å²) in [6.07, 6.45) is 2.94. The SMILES string of the molecule is CCOC(=O)C=Cc1ccc(Cl)cc1N. The van der Waals surface area contributed by atoms with Crippen molar-refractivity contribution >= 4 is 29.3 Å². The third-order valence-corrected chi connectivity index (χ3v) is 1.97. The molecule has 0 aromatic heterocycles. The number of rotatable bonds is 3. The van der Waals surface area contributed by atoms with E-state index in [1.807, 2.05) is 0 Å². The van der Waals surface area contributed by atoms with Gasteiger partial charge in [0.1, 0.15) is 0 Å². The van der Waals surface area contributed by atoms with Gasteiger partial charge in [-0.1, -0.05) is 17.7 Å². The second kappa shape index (κ2) is 5.41. The molecule has 0 spiro atoms. The fourth-order valence-electron chi connectivity index (χ4n) is 1.05. The predicted molar refractivity (Wildman–Crippen MR) is 61.5 cm³/mol. The van der Waals surface area contributed by atoms with Gasteiger partial charge < -0.3 is 10.5 Å². The maximum atomic E-state index is 11.0. The Kier molecular flexibility index (Phi) is 4.18. The second-order valence-electron chi connectivity index (χ2n) is 2.86. The zero-order valence-corrected chi connectivity index (χ0v) is 9.12. The average Bonchev–Trinajstić information content (AvgIpc) is 2.17. The lowest BCUT2D eigenvalue weighted by Crippen LogP contribution is -1.99. The monoisotopic (exact) mass is 225 g/mol. The van der Waals surface area contributed by atoms with Gasteiger partial charge in [0.15, 0.2) is 0 Å². The van der Waals surface area contributed by atoms with Crippen LogP contribution in [0.3, 0.4) is 0 Å². The molecule has 4 heteroatoms. The fraction of sp³-hybridized carbons (Fsp3) is 0.182. The van der Waals surface area contributed by atoms with Crippen LogP contribution in [0, 0.1) is 0 Å². The molecule has 0 bridgehead atoms. The summed E-state index contributed by atoms with van der Waals surface area (Å²) in [5.41, 5.74) is 6.97. The Hall–Kier alpha value is -1.48.